The maximum atomic E-state index is 2.54. The molecular weight excluding hydrogens is 510 g/mol. The molecule has 0 spiro atoms. The topological polar surface area (TPSA) is 0 Å². The second-order valence-corrected chi connectivity index (χ2v) is 15.3. The van der Waals surface area contributed by atoms with E-state index in [2.05, 4.69) is 85.8 Å². The molecular formula is C25H25HfP. The van der Waals surface area contributed by atoms with E-state index in [0.717, 1.165) is 27.8 Å². The molecule has 0 saturated heterocycles. The van der Waals surface area contributed by atoms with Crippen LogP contribution in [0.4, 0.5) is 0 Å². The summed E-state index contributed by atoms with van der Waals surface area (Å²) in [5.41, 5.74) is 4.59. The zero-order valence-electron chi connectivity index (χ0n) is 15.7. The number of aryl methyl sites for hydroxylation is 1. The van der Waals surface area contributed by atoms with Crippen molar-refractivity contribution < 1.29 is 22.9 Å². The van der Waals surface area contributed by atoms with E-state index in [0.29, 0.717) is 0 Å². The average molecular weight is 535 g/mol. The fourth-order valence-corrected chi connectivity index (χ4v) is 15.0. The first-order valence-electron chi connectivity index (χ1n) is 10.0. The Hall–Kier alpha value is -1.04. The summed E-state index contributed by atoms with van der Waals surface area (Å²) in [6.07, 6.45) is 15.0. The summed E-state index contributed by atoms with van der Waals surface area (Å²) in [7, 11) is 0.835. The van der Waals surface area contributed by atoms with Gasteiger partial charge in [-0.25, -0.2) is 0 Å². The second kappa shape index (κ2) is 7.76. The zero-order chi connectivity index (χ0) is 18.2. The molecule has 0 aliphatic heterocycles. The third kappa shape index (κ3) is 3.54. The summed E-state index contributed by atoms with van der Waals surface area (Å²) in [5, 5.41) is 3.27. The van der Waals surface area contributed by atoms with Crippen LogP contribution in [0.25, 0.3) is 6.08 Å². The first kappa shape index (κ1) is 18.0. The van der Waals surface area contributed by atoms with Gasteiger partial charge in [-0.15, -0.1) is 0 Å². The number of hydrogen-bond acceptors (Lipinski definition) is 0. The van der Waals surface area contributed by atoms with Crippen LogP contribution in [0.15, 0.2) is 78.1 Å². The third-order valence-corrected chi connectivity index (χ3v) is 16.3. The van der Waals surface area contributed by atoms with Crippen LogP contribution in [0, 0.1) is 18.8 Å². The number of allylic oxidation sites excluding steroid dienone is 5. The molecule has 0 amide bonds. The molecule has 2 heteroatoms. The van der Waals surface area contributed by atoms with E-state index in [1.807, 2.05) is 0 Å². The molecule has 3 aliphatic rings. The molecule has 0 nitrogen and oxygen atoms in total. The minimum atomic E-state index is -0.848. The molecule has 0 N–H and O–H groups in total. The Morgan fingerprint density at radius 1 is 0.926 bits per heavy atom. The van der Waals surface area contributed by atoms with Crippen LogP contribution in [-0.4, -0.2) is 0 Å². The van der Waals surface area contributed by atoms with Gasteiger partial charge in [-0.1, -0.05) is 0 Å². The van der Waals surface area contributed by atoms with Crippen LogP contribution in [0.3, 0.4) is 0 Å². The molecule has 2 aromatic rings. The number of rotatable bonds is 4. The van der Waals surface area contributed by atoms with Gasteiger partial charge in [-0.05, 0) is 0 Å². The Labute approximate surface area is 176 Å². The van der Waals surface area contributed by atoms with Gasteiger partial charge in [0.15, 0.2) is 0 Å². The Morgan fingerprint density at radius 2 is 1.74 bits per heavy atom. The number of fused-ring (bicyclic) bond motifs is 2. The molecule has 1 saturated carbocycles. The van der Waals surface area contributed by atoms with Crippen LogP contribution in [0.1, 0.15) is 33.2 Å². The first-order chi connectivity index (χ1) is 13.3. The van der Waals surface area contributed by atoms with E-state index in [4.69, 9.17) is 0 Å². The summed E-state index contributed by atoms with van der Waals surface area (Å²) < 4.78 is 1.81. The van der Waals surface area contributed by atoms with Crippen molar-refractivity contribution in [2.45, 2.75) is 27.1 Å². The van der Waals surface area contributed by atoms with Crippen LogP contribution in [0.5, 0.6) is 0 Å². The van der Waals surface area contributed by atoms with Gasteiger partial charge in [0.05, 0.1) is 0 Å². The SMILES string of the molecule is Cc1ccccc1PC1=Cc2ccccc2[CH]1[Hf][CH]1CCC2C=CC=CC21. The van der Waals surface area contributed by atoms with Crippen LogP contribution < -0.4 is 5.30 Å². The van der Waals surface area contributed by atoms with Gasteiger partial charge in [0.2, 0.25) is 0 Å². The molecule has 27 heavy (non-hydrogen) atoms. The van der Waals surface area contributed by atoms with E-state index >= 15 is 0 Å². The van der Waals surface area contributed by atoms with Crippen LogP contribution >= 0.6 is 8.58 Å². The molecule has 134 valence electrons. The summed E-state index contributed by atoms with van der Waals surface area (Å²) in [6.45, 7) is 2.27. The fourth-order valence-electron chi connectivity index (χ4n) is 4.84. The van der Waals surface area contributed by atoms with Gasteiger partial charge in [-0.2, -0.15) is 0 Å². The minimum absolute atomic E-state index is 0.794. The Kier molecular flexibility index (Phi) is 5.18. The van der Waals surface area contributed by atoms with Gasteiger partial charge in [0, 0.05) is 0 Å². The standard InChI is InChI=1S/C16H14P.C9H11.Hf/c1-12-6-2-5-9-16(12)17-15-10-13-7-3-4-8-14(13)11-15;1-2-5-9-7-3-6-8(9)4-1;/h2-11,17H,1H3;1-2,4-6,8-9H,3,7H2;. The van der Waals surface area contributed by atoms with Crippen LogP contribution in [-0.2, 0) is 22.9 Å². The maximum absolute atomic E-state index is 2.54. The summed E-state index contributed by atoms with van der Waals surface area (Å²) >= 11 is -0.848. The molecule has 3 aliphatic carbocycles. The molecule has 0 bridgehead atoms. The number of benzene rings is 2. The van der Waals surface area contributed by atoms with E-state index in [-0.39, 0.29) is 0 Å². The van der Waals surface area contributed by atoms with E-state index in [1.165, 1.54) is 29.3 Å². The fraction of sp³-hybridized carbons (Fsp3) is 0.280. The van der Waals surface area contributed by atoms with Gasteiger partial charge >= 0.3 is 177 Å². The van der Waals surface area contributed by atoms with Crippen molar-refractivity contribution in [1.29, 1.82) is 0 Å². The second-order valence-electron chi connectivity index (χ2n) is 7.96. The summed E-state index contributed by atoms with van der Waals surface area (Å²) in [4.78, 5) is 0. The van der Waals surface area contributed by atoms with Crippen molar-refractivity contribution in [3.63, 3.8) is 0 Å². The van der Waals surface area contributed by atoms with Crippen molar-refractivity contribution in [2.75, 3.05) is 0 Å². The first-order valence-corrected chi connectivity index (χ1v) is 15.2. The molecule has 0 heterocycles. The van der Waals surface area contributed by atoms with E-state index < -0.39 is 22.9 Å². The predicted octanol–water partition coefficient (Wildman–Crippen LogP) is 6.42. The van der Waals surface area contributed by atoms with Crippen molar-refractivity contribution in [2.24, 2.45) is 11.8 Å². The predicted molar refractivity (Wildman–Crippen MR) is 115 cm³/mol. The third-order valence-electron chi connectivity index (χ3n) is 6.31. The Morgan fingerprint density at radius 3 is 2.67 bits per heavy atom. The van der Waals surface area contributed by atoms with Gasteiger partial charge in [0.1, 0.15) is 0 Å². The van der Waals surface area contributed by atoms with Gasteiger partial charge in [-0.3, -0.25) is 0 Å². The summed E-state index contributed by atoms with van der Waals surface area (Å²) in [5.74, 6) is 1.67. The molecule has 0 aromatic heterocycles. The van der Waals surface area contributed by atoms with Gasteiger partial charge in [0.25, 0.3) is 0 Å². The monoisotopic (exact) mass is 536 g/mol. The normalized spacial score (nSPS) is 28.4. The zero-order valence-corrected chi connectivity index (χ0v) is 20.3. The Bertz CT molecular complexity index is 939. The molecule has 2 aromatic carbocycles. The van der Waals surface area contributed by atoms with E-state index in [9.17, 15) is 0 Å². The molecule has 0 radical (unpaired) electrons. The van der Waals surface area contributed by atoms with Crippen molar-refractivity contribution in [1.82, 2.24) is 0 Å². The Balaban J connectivity index is 1.43. The number of hydrogen-bond donors (Lipinski definition) is 0. The van der Waals surface area contributed by atoms with Gasteiger partial charge < -0.3 is 0 Å². The van der Waals surface area contributed by atoms with E-state index in [1.54, 1.807) is 10.9 Å². The molecule has 5 atom stereocenters. The quantitative estimate of drug-likeness (QED) is 0.314. The van der Waals surface area contributed by atoms with Crippen molar-refractivity contribution in [3.8, 4) is 0 Å². The van der Waals surface area contributed by atoms with Crippen molar-refractivity contribution >= 4 is 20.0 Å². The molecule has 5 unspecified atom stereocenters. The average Bonchev–Trinajstić information content (AvgIpc) is 3.26. The summed E-state index contributed by atoms with van der Waals surface area (Å²) in [6, 6.07) is 18.2. The molecule has 1 fully saturated rings. The van der Waals surface area contributed by atoms with Crippen LogP contribution in [0.2, 0.25) is 3.67 Å². The molecule has 5 rings (SSSR count). The van der Waals surface area contributed by atoms with Crippen molar-refractivity contribution in [3.05, 3.63) is 94.8 Å².